The van der Waals surface area contributed by atoms with Crippen molar-refractivity contribution < 1.29 is 24.5 Å². The van der Waals surface area contributed by atoms with Gasteiger partial charge in [-0.1, -0.05) is 18.2 Å². The molecule has 0 saturated carbocycles. The Kier molecular flexibility index (Phi) is 3.34. The summed E-state index contributed by atoms with van der Waals surface area (Å²) in [6.07, 6.45) is 0. The number of carbonyl (C=O) groups is 2. The number of phenols is 1. The van der Waals surface area contributed by atoms with Crippen molar-refractivity contribution in [2.75, 3.05) is 19.1 Å². The second-order valence-corrected chi connectivity index (χ2v) is 5.31. The van der Waals surface area contributed by atoms with Gasteiger partial charge in [0, 0.05) is 18.2 Å². The van der Waals surface area contributed by atoms with Crippen molar-refractivity contribution in [3.8, 4) is 11.5 Å². The van der Waals surface area contributed by atoms with Gasteiger partial charge in [0.1, 0.15) is 0 Å². The molecule has 0 aromatic heterocycles. The molecule has 0 radical (unpaired) electrons. The van der Waals surface area contributed by atoms with Crippen LogP contribution in [0.5, 0.6) is 11.5 Å². The summed E-state index contributed by atoms with van der Waals surface area (Å²) in [4.78, 5) is 26.7. The summed E-state index contributed by atoms with van der Waals surface area (Å²) in [5.74, 6) is -1.54. The maximum atomic E-state index is 12.8. The number of Topliss-reactive ketones (excluding diaryl/α,β-unsaturated/α-hetero) is 1. The normalized spacial score (nSPS) is 20.4. The predicted molar refractivity (Wildman–Crippen MR) is 82.7 cm³/mol. The van der Waals surface area contributed by atoms with E-state index in [1.165, 1.54) is 37.3 Å². The highest BCUT2D eigenvalue weighted by atomic mass is 16.5. The van der Waals surface area contributed by atoms with Gasteiger partial charge >= 0.3 is 0 Å². The van der Waals surface area contributed by atoms with E-state index in [-0.39, 0.29) is 22.6 Å². The summed E-state index contributed by atoms with van der Waals surface area (Å²) in [5, 5.41) is 20.6. The summed E-state index contributed by atoms with van der Waals surface area (Å²) in [6.45, 7) is 0. The lowest BCUT2D eigenvalue weighted by Crippen LogP contribution is -2.54. The van der Waals surface area contributed by atoms with Gasteiger partial charge in [0.2, 0.25) is 11.4 Å². The van der Waals surface area contributed by atoms with Crippen LogP contribution in [0.3, 0.4) is 0 Å². The van der Waals surface area contributed by atoms with E-state index in [2.05, 4.69) is 0 Å². The Morgan fingerprint density at radius 1 is 1.13 bits per heavy atom. The Hall–Kier alpha value is -2.86. The molecule has 1 heterocycles. The molecule has 0 saturated heterocycles. The maximum Gasteiger partial charge on any atom is 0.271 e. The minimum absolute atomic E-state index is 0.0449. The smallest absolute Gasteiger partial charge is 0.271 e. The quantitative estimate of drug-likeness (QED) is 0.819. The number of fused-ring (bicyclic) bond motifs is 1. The van der Waals surface area contributed by atoms with Gasteiger partial charge in [-0.15, -0.1) is 0 Å². The number of aromatic hydroxyl groups is 1. The van der Waals surface area contributed by atoms with E-state index in [4.69, 9.17) is 4.74 Å². The summed E-state index contributed by atoms with van der Waals surface area (Å²) in [6, 6.07) is 10.5. The number of likely N-dealkylation sites (N-methyl/N-ethyl adjacent to an activating group) is 1. The fraction of sp³-hybridized carbons (Fsp3) is 0.176. The Morgan fingerprint density at radius 2 is 1.83 bits per heavy atom. The first-order valence-electron chi connectivity index (χ1n) is 6.93. The Morgan fingerprint density at radius 3 is 2.52 bits per heavy atom. The first kappa shape index (κ1) is 15.1. The van der Waals surface area contributed by atoms with Crippen LogP contribution in [0.2, 0.25) is 0 Å². The van der Waals surface area contributed by atoms with Crippen LogP contribution in [-0.4, -0.2) is 36.1 Å². The number of rotatable bonds is 2. The molecule has 118 valence electrons. The van der Waals surface area contributed by atoms with Gasteiger partial charge in [-0.2, -0.15) is 0 Å². The zero-order valence-electron chi connectivity index (χ0n) is 12.6. The van der Waals surface area contributed by atoms with Crippen molar-refractivity contribution in [3.05, 3.63) is 53.6 Å². The summed E-state index contributed by atoms with van der Waals surface area (Å²) >= 11 is 0. The number of aliphatic hydroxyl groups is 1. The van der Waals surface area contributed by atoms with Gasteiger partial charge in [0.05, 0.1) is 12.8 Å². The van der Waals surface area contributed by atoms with Crippen LogP contribution in [0.15, 0.2) is 42.5 Å². The summed E-state index contributed by atoms with van der Waals surface area (Å²) in [7, 11) is 2.84. The Bertz CT molecular complexity index is 816. The van der Waals surface area contributed by atoms with Gasteiger partial charge in [-0.25, -0.2) is 0 Å². The lowest BCUT2D eigenvalue weighted by atomic mass is 9.81. The highest BCUT2D eigenvalue weighted by molar-refractivity contribution is 6.27. The standard InChI is InChI=1S/C17H15NO5/c1-18-12-6-4-3-5-11(12)15(20)17(22,16(18)21)10-7-8-13(19)14(9-10)23-2/h3-9,19,22H,1-2H3. The number of nitrogens with zero attached hydrogens (tertiary/aromatic N) is 1. The fourth-order valence-electron chi connectivity index (χ4n) is 2.76. The highest BCUT2D eigenvalue weighted by Gasteiger charge is 2.52. The number of amides is 1. The molecule has 1 atom stereocenters. The fourth-order valence-corrected chi connectivity index (χ4v) is 2.76. The number of methoxy groups -OCH3 is 1. The third-order valence-electron chi connectivity index (χ3n) is 4.05. The minimum Gasteiger partial charge on any atom is -0.504 e. The van der Waals surface area contributed by atoms with Gasteiger partial charge < -0.3 is 19.8 Å². The number of ether oxygens (including phenoxy) is 1. The van der Waals surface area contributed by atoms with E-state index < -0.39 is 17.3 Å². The third kappa shape index (κ3) is 1.99. The summed E-state index contributed by atoms with van der Waals surface area (Å²) in [5.41, 5.74) is -1.62. The largest absolute Gasteiger partial charge is 0.504 e. The SMILES string of the molecule is COc1cc(C2(O)C(=O)c3ccccc3N(C)C2=O)ccc1O. The third-order valence-corrected chi connectivity index (χ3v) is 4.05. The van der Waals surface area contributed by atoms with Crippen molar-refractivity contribution in [2.45, 2.75) is 5.60 Å². The lowest BCUT2D eigenvalue weighted by molar-refractivity contribution is -0.133. The van der Waals surface area contributed by atoms with Crippen LogP contribution in [0.25, 0.3) is 0 Å². The van der Waals surface area contributed by atoms with Crippen molar-refractivity contribution >= 4 is 17.4 Å². The van der Waals surface area contributed by atoms with Crippen LogP contribution in [0, 0.1) is 0 Å². The first-order valence-corrected chi connectivity index (χ1v) is 6.93. The molecule has 1 aliphatic heterocycles. The maximum absolute atomic E-state index is 12.8. The first-order chi connectivity index (χ1) is 10.9. The molecular formula is C17H15NO5. The molecule has 0 fully saturated rings. The van der Waals surface area contributed by atoms with E-state index >= 15 is 0 Å². The molecule has 23 heavy (non-hydrogen) atoms. The number of para-hydroxylation sites is 1. The van der Waals surface area contributed by atoms with Crippen LogP contribution in [0.1, 0.15) is 15.9 Å². The number of hydrogen-bond acceptors (Lipinski definition) is 5. The molecule has 1 unspecified atom stereocenters. The molecule has 0 bridgehead atoms. The van der Waals surface area contributed by atoms with Gasteiger partial charge in [-0.05, 0) is 24.3 Å². The van der Waals surface area contributed by atoms with Crippen LogP contribution in [-0.2, 0) is 10.4 Å². The van der Waals surface area contributed by atoms with Crippen molar-refractivity contribution in [1.29, 1.82) is 0 Å². The summed E-state index contributed by atoms with van der Waals surface area (Å²) < 4.78 is 4.99. The van der Waals surface area contributed by atoms with Crippen molar-refractivity contribution in [2.24, 2.45) is 0 Å². The number of benzene rings is 2. The molecule has 2 aromatic rings. The zero-order valence-corrected chi connectivity index (χ0v) is 12.6. The van der Waals surface area contributed by atoms with Crippen LogP contribution in [0.4, 0.5) is 5.69 Å². The van der Waals surface area contributed by atoms with Crippen molar-refractivity contribution in [1.82, 2.24) is 0 Å². The van der Waals surface area contributed by atoms with Gasteiger partial charge in [0.25, 0.3) is 5.91 Å². The number of carbonyl (C=O) groups excluding carboxylic acids is 2. The van der Waals surface area contributed by atoms with E-state index in [1.54, 1.807) is 24.3 Å². The molecule has 6 heteroatoms. The van der Waals surface area contributed by atoms with Crippen LogP contribution >= 0.6 is 0 Å². The molecule has 3 rings (SSSR count). The molecule has 6 nitrogen and oxygen atoms in total. The molecular weight excluding hydrogens is 298 g/mol. The molecule has 1 amide bonds. The average molecular weight is 313 g/mol. The molecule has 2 aromatic carbocycles. The average Bonchev–Trinajstić information content (AvgIpc) is 2.58. The second kappa shape index (κ2) is 5.10. The minimum atomic E-state index is -2.36. The number of hydrogen-bond donors (Lipinski definition) is 2. The Labute approximate surface area is 132 Å². The second-order valence-electron chi connectivity index (χ2n) is 5.31. The van der Waals surface area contributed by atoms with E-state index in [9.17, 15) is 19.8 Å². The number of anilines is 1. The number of ketones is 1. The molecule has 2 N–H and O–H groups in total. The van der Waals surface area contributed by atoms with E-state index in [1.807, 2.05) is 0 Å². The zero-order chi connectivity index (χ0) is 16.8. The molecule has 0 spiro atoms. The topological polar surface area (TPSA) is 87.1 Å². The monoisotopic (exact) mass is 313 g/mol. The predicted octanol–water partition coefficient (Wildman–Crippen LogP) is 1.45. The van der Waals surface area contributed by atoms with Gasteiger partial charge in [-0.3, -0.25) is 9.59 Å². The van der Waals surface area contributed by atoms with Gasteiger partial charge in [0.15, 0.2) is 11.5 Å². The van der Waals surface area contributed by atoms with E-state index in [0.29, 0.717) is 5.69 Å². The van der Waals surface area contributed by atoms with E-state index in [0.717, 1.165) is 0 Å². The highest BCUT2D eigenvalue weighted by Crippen LogP contribution is 2.40. The lowest BCUT2D eigenvalue weighted by Gasteiger charge is -2.36. The van der Waals surface area contributed by atoms with Crippen molar-refractivity contribution in [3.63, 3.8) is 0 Å². The molecule has 0 aliphatic carbocycles. The Balaban J connectivity index is 2.22. The molecule has 1 aliphatic rings. The van der Waals surface area contributed by atoms with Crippen LogP contribution < -0.4 is 9.64 Å². The number of phenolic OH excluding ortho intramolecular Hbond substituents is 1.